The first-order valence-corrected chi connectivity index (χ1v) is 14.7. The first-order valence-electron chi connectivity index (χ1n) is 14.7. The maximum Gasteiger partial charge on any atom is 0.253 e. The zero-order valence-corrected chi connectivity index (χ0v) is 25.0. The lowest BCUT2D eigenvalue weighted by molar-refractivity contribution is -0.184. The molecule has 2 aromatic carbocycles. The van der Waals surface area contributed by atoms with Crippen LogP contribution in [0.15, 0.2) is 53.0 Å². The van der Waals surface area contributed by atoms with E-state index in [2.05, 4.69) is 13.8 Å². The van der Waals surface area contributed by atoms with Crippen LogP contribution < -0.4 is 0 Å². The van der Waals surface area contributed by atoms with Crippen LogP contribution in [0.5, 0.6) is 0 Å². The number of rotatable bonds is 9. The fraction of sp³-hybridized carbons (Fsp3) is 0.455. The lowest BCUT2D eigenvalue weighted by atomic mass is 9.99. The van der Waals surface area contributed by atoms with Gasteiger partial charge >= 0.3 is 0 Å². The minimum atomic E-state index is -0.640. The Kier molecular flexibility index (Phi) is 9.76. The number of hydrogen-bond acceptors (Lipinski definition) is 5. The number of benzene rings is 2. The third kappa shape index (κ3) is 7.50. The monoisotopic (exact) mass is 558 g/mol. The summed E-state index contributed by atoms with van der Waals surface area (Å²) in [5, 5.41) is 1.14. The number of aliphatic imine (C=N–C) groups is 1. The van der Waals surface area contributed by atoms with Crippen LogP contribution in [-0.2, 0) is 14.4 Å². The molecule has 0 unspecified atom stereocenters. The average molecular weight is 559 g/mol. The van der Waals surface area contributed by atoms with Crippen molar-refractivity contribution in [2.24, 2.45) is 4.99 Å². The lowest BCUT2D eigenvalue weighted by Crippen LogP contribution is -2.39. The van der Waals surface area contributed by atoms with Crippen molar-refractivity contribution in [3.05, 3.63) is 59.2 Å². The number of likely N-dealkylation sites (tertiary alicyclic amines) is 1. The third-order valence-electron chi connectivity index (χ3n) is 7.09. The highest BCUT2D eigenvalue weighted by Crippen LogP contribution is 2.33. The van der Waals surface area contributed by atoms with Crippen LogP contribution in [0.3, 0.4) is 0 Å². The van der Waals surface area contributed by atoms with Gasteiger partial charge in [-0.3, -0.25) is 19.2 Å². The molecule has 8 nitrogen and oxygen atoms in total. The highest BCUT2D eigenvalue weighted by Gasteiger charge is 2.27. The molecule has 0 saturated carbocycles. The van der Waals surface area contributed by atoms with Gasteiger partial charge in [-0.1, -0.05) is 38.1 Å². The second-order valence-corrected chi connectivity index (χ2v) is 11.7. The number of amidine groups is 1. The van der Waals surface area contributed by atoms with Crippen LogP contribution in [0.4, 0.5) is 5.69 Å². The Morgan fingerprint density at radius 1 is 0.976 bits per heavy atom. The van der Waals surface area contributed by atoms with Crippen molar-refractivity contribution in [1.29, 1.82) is 0 Å². The minimum absolute atomic E-state index is 0.0572. The van der Waals surface area contributed by atoms with E-state index >= 15 is 0 Å². The van der Waals surface area contributed by atoms with Gasteiger partial charge in [-0.15, -0.1) is 0 Å². The number of carbonyl (C=O) groups is 3. The van der Waals surface area contributed by atoms with E-state index in [1.807, 2.05) is 79.1 Å². The van der Waals surface area contributed by atoms with Crippen molar-refractivity contribution in [1.82, 2.24) is 14.9 Å². The third-order valence-corrected chi connectivity index (χ3v) is 7.09. The molecule has 0 aromatic heterocycles. The fourth-order valence-electron chi connectivity index (χ4n) is 5.19. The Labute approximate surface area is 243 Å². The van der Waals surface area contributed by atoms with Gasteiger partial charge in [-0.25, -0.2) is 4.99 Å². The van der Waals surface area contributed by atoms with Crippen LogP contribution in [0.2, 0.25) is 0 Å². The van der Waals surface area contributed by atoms with Crippen molar-refractivity contribution >= 4 is 35.8 Å². The van der Waals surface area contributed by atoms with E-state index in [-0.39, 0.29) is 18.2 Å². The molecule has 0 bridgehead atoms. The molecule has 8 heteroatoms. The summed E-state index contributed by atoms with van der Waals surface area (Å²) in [5.74, 6) is 0.365. The molecule has 41 heavy (non-hydrogen) atoms. The molecule has 0 atom stereocenters. The molecule has 0 spiro atoms. The summed E-state index contributed by atoms with van der Waals surface area (Å²) in [6, 6.07) is 13.5. The molecule has 0 aliphatic carbocycles. The first-order chi connectivity index (χ1) is 19.6. The Balaban J connectivity index is 1.72. The van der Waals surface area contributed by atoms with Gasteiger partial charge in [0, 0.05) is 49.3 Å². The highest BCUT2D eigenvalue weighted by molar-refractivity contribution is 6.07. The van der Waals surface area contributed by atoms with Crippen LogP contribution in [0.25, 0.3) is 17.2 Å². The van der Waals surface area contributed by atoms with E-state index in [1.54, 1.807) is 0 Å². The van der Waals surface area contributed by atoms with Gasteiger partial charge in [0.15, 0.2) is 0 Å². The summed E-state index contributed by atoms with van der Waals surface area (Å²) in [7, 11) is 0. The van der Waals surface area contributed by atoms with E-state index < -0.39 is 5.60 Å². The summed E-state index contributed by atoms with van der Waals surface area (Å²) in [6.07, 6.45) is 6.48. The Bertz CT molecular complexity index is 1310. The smallest absolute Gasteiger partial charge is 0.253 e. The van der Waals surface area contributed by atoms with E-state index in [0.717, 1.165) is 60.5 Å². The summed E-state index contributed by atoms with van der Waals surface area (Å²) in [5.41, 5.74) is 3.90. The molecular weight excluding hydrogens is 516 g/mol. The molecule has 2 aromatic rings. The molecule has 1 saturated heterocycles. The zero-order chi connectivity index (χ0) is 29.6. The highest BCUT2D eigenvalue weighted by atomic mass is 16.7. The number of amides is 3. The molecule has 4 rings (SSSR count). The minimum Gasteiger partial charge on any atom is -0.339 e. The second-order valence-electron chi connectivity index (χ2n) is 11.7. The van der Waals surface area contributed by atoms with Gasteiger partial charge in [-0.2, -0.15) is 5.06 Å². The standard InChI is InChI=1S/C33H42N4O4/c1-6-16-35(17-7-2)32(40)28-20-27-15-14-26(21-29(27)34-30(22-28)37(23-38)41-33(3,4)5)24-10-12-25(13-11-24)31(39)36-18-8-9-19-36/h10-15,20-21,23H,6-9,16-19,22H2,1-5H3. The first kappa shape index (κ1) is 30.2. The number of hydrogen-bond donors (Lipinski definition) is 0. The SMILES string of the molecule is CCCN(CCC)C(=O)C1=Cc2ccc(-c3ccc(C(=O)N4CCCC4)cc3)cc2N=C(N(C=O)OC(C)(C)C)C1. The largest absolute Gasteiger partial charge is 0.339 e. The molecule has 218 valence electrons. The molecule has 3 amide bonds. The number of carbonyl (C=O) groups excluding carboxylic acids is 3. The average Bonchev–Trinajstić information content (AvgIpc) is 3.42. The van der Waals surface area contributed by atoms with Gasteiger partial charge < -0.3 is 9.80 Å². The molecule has 0 radical (unpaired) electrons. The number of fused-ring (bicyclic) bond motifs is 1. The molecular formula is C33H42N4O4. The summed E-state index contributed by atoms with van der Waals surface area (Å²) < 4.78 is 0. The molecule has 1 fully saturated rings. The van der Waals surface area contributed by atoms with Gasteiger partial charge in [0.2, 0.25) is 12.3 Å². The Hall–Kier alpha value is -3.78. The van der Waals surface area contributed by atoms with Crippen LogP contribution in [0.1, 0.15) is 82.6 Å². The second kappa shape index (κ2) is 13.3. The van der Waals surface area contributed by atoms with Gasteiger partial charge in [0.05, 0.1) is 11.3 Å². The Morgan fingerprint density at radius 3 is 2.20 bits per heavy atom. The predicted octanol–water partition coefficient (Wildman–Crippen LogP) is 6.24. The van der Waals surface area contributed by atoms with Crippen LogP contribution >= 0.6 is 0 Å². The van der Waals surface area contributed by atoms with Crippen molar-refractivity contribution in [2.45, 2.75) is 72.3 Å². The normalized spacial score (nSPS) is 15.0. The Morgan fingerprint density at radius 2 is 1.61 bits per heavy atom. The number of nitrogens with zero attached hydrogens (tertiary/aromatic N) is 4. The maximum atomic E-state index is 13.7. The van der Waals surface area contributed by atoms with Crippen LogP contribution in [-0.4, -0.2) is 70.7 Å². The van der Waals surface area contributed by atoms with Crippen molar-refractivity contribution < 1.29 is 19.2 Å². The van der Waals surface area contributed by atoms with Crippen molar-refractivity contribution in [3.63, 3.8) is 0 Å². The molecule has 0 N–H and O–H groups in total. The van der Waals surface area contributed by atoms with Crippen molar-refractivity contribution in [2.75, 3.05) is 26.2 Å². The molecule has 2 aliphatic rings. The maximum absolute atomic E-state index is 13.7. The summed E-state index contributed by atoms with van der Waals surface area (Å²) in [4.78, 5) is 53.2. The van der Waals surface area contributed by atoms with E-state index in [4.69, 9.17) is 9.83 Å². The fourth-order valence-corrected chi connectivity index (χ4v) is 5.19. The predicted molar refractivity (Wildman–Crippen MR) is 163 cm³/mol. The van der Waals surface area contributed by atoms with E-state index in [9.17, 15) is 14.4 Å². The van der Waals surface area contributed by atoms with Gasteiger partial charge in [0.25, 0.3) is 5.91 Å². The van der Waals surface area contributed by atoms with Gasteiger partial charge in [0.1, 0.15) is 5.84 Å². The van der Waals surface area contributed by atoms with E-state index in [0.29, 0.717) is 42.2 Å². The number of hydroxylamine groups is 2. The van der Waals surface area contributed by atoms with Crippen LogP contribution in [0, 0.1) is 0 Å². The summed E-state index contributed by atoms with van der Waals surface area (Å²) in [6.45, 7) is 12.6. The molecule has 2 heterocycles. The lowest BCUT2D eigenvalue weighted by Gasteiger charge is -2.28. The zero-order valence-electron chi connectivity index (χ0n) is 25.0. The van der Waals surface area contributed by atoms with Crippen molar-refractivity contribution in [3.8, 4) is 11.1 Å². The van der Waals surface area contributed by atoms with E-state index in [1.165, 1.54) is 0 Å². The summed E-state index contributed by atoms with van der Waals surface area (Å²) >= 11 is 0. The van der Waals surface area contributed by atoms with Gasteiger partial charge in [-0.05, 0) is 81.9 Å². The quantitative estimate of drug-likeness (QED) is 0.269. The topological polar surface area (TPSA) is 82.5 Å². The molecule has 2 aliphatic heterocycles.